The molecule has 2 aliphatic rings. The van der Waals surface area contributed by atoms with E-state index in [4.69, 9.17) is 16.3 Å². The Balaban J connectivity index is 1.87. The number of nitrogens with zero attached hydrogens (tertiary/aromatic N) is 1. The quantitative estimate of drug-likeness (QED) is 0.473. The van der Waals surface area contributed by atoms with Crippen LogP contribution in [0.4, 0.5) is 11.4 Å². The van der Waals surface area contributed by atoms with Crippen LogP contribution >= 0.6 is 11.6 Å². The number of methoxy groups -OCH3 is 1. The van der Waals surface area contributed by atoms with Crippen LogP contribution in [0.25, 0.3) is 0 Å². The number of allylic oxidation sites excluding steroid dienone is 2. The lowest BCUT2D eigenvalue weighted by molar-refractivity contribution is -0.385. The van der Waals surface area contributed by atoms with Gasteiger partial charge in [-0.05, 0) is 29.5 Å². The second kappa shape index (κ2) is 6.08. The van der Waals surface area contributed by atoms with Gasteiger partial charge in [-0.15, -0.1) is 0 Å². The maximum Gasteiger partial charge on any atom is 0.273 e. The molecule has 1 heterocycles. The number of fused-ring (bicyclic) bond motifs is 3. The molecule has 6 heteroatoms. The van der Waals surface area contributed by atoms with Crippen molar-refractivity contribution in [2.45, 2.75) is 18.4 Å². The summed E-state index contributed by atoms with van der Waals surface area (Å²) in [5, 5.41) is 15.5. The molecule has 2 aromatic rings. The molecule has 0 radical (unpaired) electrons. The molecule has 0 saturated heterocycles. The van der Waals surface area contributed by atoms with Gasteiger partial charge in [-0.25, -0.2) is 0 Å². The third-order valence-electron chi connectivity index (χ3n) is 5.09. The summed E-state index contributed by atoms with van der Waals surface area (Å²) in [6, 6.07) is 10.9. The van der Waals surface area contributed by atoms with Gasteiger partial charge in [0, 0.05) is 17.0 Å². The van der Waals surface area contributed by atoms with Crippen LogP contribution in [0.15, 0.2) is 48.6 Å². The number of benzene rings is 2. The van der Waals surface area contributed by atoms with Crippen LogP contribution in [0.1, 0.15) is 29.5 Å². The zero-order chi connectivity index (χ0) is 17.6. The van der Waals surface area contributed by atoms with E-state index in [-0.39, 0.29) is 28.5 Å². The van der Waals surface area contributed by atoms with Crippen LogP contribution in [-0.4, -0.2) is 12.0 Å². The van der Waals surface area contributed by atoms with E-state index >= 15 is 0 Å². The van der Waals surface area contributed by atoms with Gasteiger partial charge < -0.3 is 10.1 Å². The Morgan fingerprint density at radius 3 is 2.80 bits per heavy atom. The van der Waals surface area contributed by atoms with E-state index in [2.05, 4.69) is 17.5 Å². The van der Waals surface area contributed by atoms with Crippen LogP contribution in [0, 0.1) is 16.0 Å². The summed E-state index contributed by atoms with van der Waals surface area (Å²) in [6.45, 7) is 0. The fraction of sp³-hybridized carbons (Fsp3) is 0.263. The normalized spacial score (nSPS) is 23.5. The summed E-state index contributed by atoms with van der Waals surface area (Å²) in [7, 11) is 1.53. The fourth-order valence-electron chi connectivity index (χ4n) is 3.95. The molecule has 4 rings (SSSR count). The number of hydrogen-bond donors (Lipinski definition) is 1. The van der Waals surface area contributed by atoms with E-state index in [1.165, 1.54) is 13.2 Å². The number of hydrogen-bond acceptors (Lipinski definition) is 4. The van der Waals surface area contributed by atoms with Gasteiger partial charge in [-0.1, -0.05) is 42.0 Å². The number of rotatable bonds is 3. The lowest BCUT2D eigenvalue weighted by Gasteiger charge is -2.38. The molecule has 1 N–H and O–H groups in total. The SMILES string of the molecule is COc1cc([N+](=O)[O-])cc2c1N[C@H](c1ccccc1Cl)[C@@H]1CC=C[C@H]21. The first-order valence-corrected chi connectivity index (χ1v) is 8.52. The van der Waals surface area contributed by atoms with E-state index in [1.807, 2.05) is 24.3 Å². The number of halogens is 1. The number of nitrogens with one attached hydrogen (secondary N) is 1. The Labute approximate surface area is 150 Å². The molecular formula is C19H17ClN2O3. The molecule has 0 fully saturated rings. The van der Waals surface area contributed by atoms with Crippen molar-refractivity contribution < 1.29 is 9.66 Å². The Hall–Kier alpha value is -2.53. The highest BCUT2D eigenvalue weighted by molar-refractivity contribution is 6.31. The van der Waals surface area contributed by atoms with E-state index in [0.717, 1.165) is 28.3 Å². The van der Waals surface area contributed by atoms with Gasteiger partial charge in [-0.3, -0.25) is 10.1 Å². The summed E-state index contributed by atoms with van der Waals surface area (Å²) in [5.74, 6) is 0.852. The standard InChI is InChI=1S/C19H17ClN2O3/c1-25-17-10-11(22(23)24)9-15-12-6-4-7-13(12)18(21-19(15)17)14-5-2-3-8-16(14)20/h2-6,8-10,12-13,18,21H,7H2,1H3/t12-,13+,18-/m0/s1. The van der Waals surface area contributed by atoms with Crippen molar-refractivity contribution in [2.24, 2.45) is 5.92 Å². The largest absolute Gasteiger partial charge is 0.494 e. The first kappa shape index (κ1) is 16.0. The maximum absolute atomic E-state index is 11.3. The maximum atomic E-state index is 11.3. The van der Waals surface area contributed by atoms with Crippen LogP contribution in [-0.2, 0) is 0 Å². The van der Waals surface area contributed by atoms with Gasteiger partial charge in [0.15, 0.2) is 0 Å². The van der Waals surface area contributed by atoms with E-state index in [9.17, 15) is 10.1 Å². The molecule has 2 aromatic carbocycles. The highest BCUT2D eigenvalue weighted by Crippen LogP contribution is 2.53. The fourth-order valence-corrected chi connectivity index (χ4v) is 4.21. The summed E-state index contributed by atoms with van der Waals surface area (Å²) >= 11 is 6.43. The van der Waals surface area contributed by atoms with Gasteiger partial charge >= 0.3 is 0 Å². The molecule has 25 heavy (non-hydrogen) atoms. The number of ether oxygens (including phenoxy) is 1. The molecular weight excluding hydrogens is 340 g/mol. The van der Waals surface area contributed by atoms with Crippen molar-refractivity contribution in [2.75, 3.05) is 12.4 Å². The van der Waals surface area contributed by atoms with Gasteiger partial charge in [0.05, 0.1) is 29.8 Å². The Morgan fingerprint density at radius 2 is 2.08 bits per heavy atom. The van der Waals surface area contributed by atoms with Gasteiger partial charge in [0.2, 0.25) is 0 Å². The van der Waals surface area contributed by atoms with Crippen LogP contribution in [0.5, 0.6) is 5.75 Å². The molecule has 0 spiro atoms. The Bertz CT molecular complexity index is 881. The molecule has 0 unspecified atom stereocenters. The van der Waals surface area contributed by atoms with Crippen molar-refractivity contribution >= 4 is 23.0 Å². The van der Waals surface area contributed by atoms with Crippen molar-refractivity contribution in [1.82, 2.24) is 0 Å². The van der Waals surface area contributed by atoms with E-state index in [0.29, 0.717) is 5.75 Å². The third-order valence-corrected chi connectivity index (χ3v) is 5.43. The zero-order valence-electron chi connectivity index (χ0n) is 13.6. The molecule has 1 aliphatic heterocycles. The minimum Gasteiger partial charge on any atom is -0.494 e. The first-order chi connectivity index (χ1) is 12.1. The topological polar surface area (TPSA) is 64.4 Å². The molecule has 0 amide bonds. The van der Waals surface area contributed by atoms with Crippen LogP contribution in [0.2, 0.25) is 5.02 Å². The van der Waals surface area contributed by atoms with Gasteiger partial charge in [-0.2, -0.15) is 0 Å². The molecule has 1 aliphatic carbocycles. The van der Waals surface area contributed by atoms with Crippen molar-refractivity contribution in [1.29, 1.82) is 0 Å². The van der Waals surface area contributed by atoms with E-state index < -0.39 is 0 Å². The predicted octanol–water partition coefficient (Wildman–Crippen LogP) is 5.08. The van der Waals surface area contributed by atoms with Gasteiger partial charge in [0.1, 0.15) is 5.75 Å². The van der Waals surface area contributed by atoms with Crippen molar-refractivity contribution in [3.05, 3.63) is 74.8 Å². The first-order valence-electron chi connectivity index (χ1n) is 8.14. The minimum absolute atomic E-state index is 0.0246. The monoisotopic (exact) mass is 356 g/mol. The molecule has 0 aromatic heterocycles. The van der Waals surface area contributed by atoms with Gasteiger partial charge in [0.25, 0.3) is 5.69 Å². The average molecular weight is 357 g/mol. The number of anilines is 1. The van der Waals surface area contributed by atoms with Crippen molar-refractivity contribution in [3.8, 4) is 5.75 Å². The zero-order valence-corrected chi connectivity index (χ0v) is 14.4. The van der Waals surface area contributed by atoms with Crippen LogP contribution in [0.3, 0.4) is 0 Å². The highest BCUT2D eigenvalue weighted by atomic mass is 35.5. The second-order valence-corrected chi connectivity index (χ2v) is 6.77. The third kappa shape index (κ3) is 2.55. The molecule has 3 atom stereocenters. The average Bonchev–Trinajstić information content (AvgIpc) is 3.10. The summed E-state index contributed by atoms with van der Waals surface area (Å²) in [4.78, 5) is 10.9. The second-order valence-electron chi connectivity index (χ2n) is 6.37. The predicted molar refractivity (Wildman–Crippen MR) is 97.5 cm³/mol. The lowest BCUT2D eigenvalue weighted by atomic mass is 9.76. The molecule has 5 nitrogen and oxygen atoms in total. The molecule has 0 saturated carbocycles. The lowest BCUT2D eigenvalue weighted by Crippen LogP contribution is -2.29. The minimum atomic E-state index is -0.378. The Morgan fingerprint density at radius 1 is 1.28 bits per heavy atom. The summed E-state index contributed by atoms with van der Waals surface area (Å²) < 4.78 is 5.44. The summed E-state index contributed by atoms with van der Waals surface area (Å²) in [5.41, 5.74) is 2.81. The molecule has 0 bridgehead atoms. The van der Waals surface area contributed by atoms with E-state index in [1.54, 1.807) is 6.07 Å². The van der Waals surface area contributed by atoms with Crippen LogP contribution < -0.4 is 10.1 Å². The number of non-ortho nitro benzene ring substituents is 1. The highest BCUT2D eigenvalue weighted by Gasteiger charge is 2.40. The Kier molecular flexibility index (Phi) is 3.88. The van der Waals surface area contributed by atoms with Crippen molar-refractivity contribution in [3.63, 3.8) is 0 Å². The smallest absolute Gasteiger partial charge is 0.273 e. The number of nitro groups is 1. The summed E-state index contributed by atoms with van der Waals surface area (Å²) in [6.07, 6.45) is 5.18. The molecule has 128 valence electrons. The number of nitro benzene ring substituents is 1.